The molecule has 0 atom stereocenters. The topological polar surface area (TPSA) is 71.8 Å². The molecule has 4 aromatic rings. The lowest BCUT2D eigenvalue weighted by molar-refractivity contribution is -0.120. The van der Waals surface area contributed by atoms with E-state index in [0.717, 1.165) is 71.3 Å². The molecule has 34 heavy (non-hydrogen) atoms. The first-order valence-corrected chi connectivity index (χ1v) is 11.6. The number of carbonyl (C=O) groups is 1. The summed E-state index contributed by atoms with van der Waals surface area (Å²) in [5.41, 5.74) is 5.65. The van der Waals surface area contributed by atoms with Crippen LogP contribution in [-0.2, 0) is 4.79 Å². The lowest BCUT2D eigenvalue weighted by Gasteiger charge is -2.33. The molecule has 2 aromatic heterocycles. The number of ether oxygens (including phenoxy) is 1. The van der Waals surface area contributed by atoms with Gasteiger partial charge in [0.05, 0.1) is 12.8 Å². The summed E-state index contributed by atoms with van der Waals surface area (Å²) < 4.78 is 7.19. The van der Waals surface area contributed by atoms with Crippen molar-refractivity contribution < 1.29 is 9.53 Å². The molecule has 1 N–H and O–H groups in total. The quantitative estimate of drug-likeness (QED) is 0.465. The van der Waals surface area contributed by atoms with Gasteiger partial charge in [-0.3, -0.25) is 4.79 Å². The molecule has 0 spiro atoms. The molecule has 2 aromatic carbocycles. The summed E-state index contributed by atoms with van der Waals surface area (Å²) in [4.78, 5) is 19.8. The fourth-order valence-electron chi connectivity index (χ4n) is 4.55. The Hall–Kier alpha value is -3.87. The number of nitrogens with one attached hydrogen (secondary N) is 1. The maximum atomic E-state index is 12.8. The monoisotopic (exact) mass is 455 g/mol. The molecule has 0 bridgehead atoms. The summed E-state index contributed by atoms with van der Waals surface area (Å²) in [7, 11) is 1.66. The number of methoxy groups -OCH3 is 1. The summed E-state index contributed by atoms with van der Waals surface area (Å²) >= 11 is 0. The third kappa shape index (κ3) is 4.46. The second-order valence-electron chi connectivity index (χ2n) is 8.90. The zero-order chi connectivity index (χ0) is 23.7. The zero-order valence-corrected chi connectivity index (χ0v) is 19.8. The number of nitrogens with zero attached hydrogens (tertiary/aromatic N) is 4. The number of fused-ring (bicyclic) bond motifs is 1. The van der Waals surface area contributed by atoms with Crippen molar-refractivity contribution in [3.63, 3.8) is 0 Å². The first-order valence-electron chi connectivity index (χ1n) is 11.6. The molecule has 174 valence electrons. The molecule has 1 aliphatic rings. The van der Waals surface area contributed by atoms with E-state index in [1.807, 2.05) is 73.0 Å². The molecule has 0 unspecified atom stereocenters. The number of benzene rings is 2. The van der Waals surface area contributed by atoms with Gasteiger partial charge in [0, 0.05) is 48.1 Å². The predicted molar refractivity (Wildman–Crippen MR) is 134 cm³/mol. The van der Waals surface area contributed by atoms with E-state index in [1.165, 1.54) is 0 Å². The van der Waals surface area contributed by atoms with Crippen molar-refractivity contribution >= 4 is 23.1 Å². The lowest BCUT2D eigenvalue weighted by atomic mass is 9.95. The Balaban J connectivity index is 1.33. The van der Waals surface area contributed by atoms with Crippen LogP contribution in [-0.4, -0.2) is 40.7 Å². The summed E-state index contributed by atoms with van der Waals surface area (Å²) in [6.45, 7) is 5.62. The molecule has 0 saturated carbocycles. The van der Waals surface area contributed by atoms with Crippen LogP contribution >= 0.6 is 0 Å². The molecule has 1 saturated heterocycles. The number of aryl methyl sites for hydroxylation is 2. The van der Waals surface area contributed by atoms with Gasteiger partial charge in [-0.2, -0.15) is 9.61 Å². The summed E-state index contributed by atoms with van der Waals surface area (Å²) in [6.07, 6.45) is 1.60. The third-order valence-corrected chi connectivity index (χ3v) is 6.40. The van der Waals surface area contributed by atoms with E-state index in [-0.39, 0.29) is 11.8 Å². The molecule has 1 aliphatic heterocycles. The Morgan fingerprint density at radius 2 is 1.79 bits per heavy atom. The number of hydrogen-bond acceptors (Lipinski definition) is 5. The number of anilines is 2. The predicted octanol–water partition coefficient (Wildman–Crippen LogP) is 4.88. The van der Waals surface area contributed by atoms with Crippen LogP contribution in [0.3, 0.4) is 0 Å². The van der Waals surface area contributed by atoms with Crippen LogP contribution in [0.4, 0.5) is 11.5 Å². The number of hydrogen-bond donors (Lipinski definition) is 1. The van der Waals surface area contributed by atoms with Crippen molar-refractivity contribution in [2.45, 2.75) is 26.7 Å². The van der Waals surface area contributed by atoms with Gasteiger partial charge in [0.15, 0.2) is 5.65 Å². The molecule has 0 radical (unpaired) electrons. The molecule has 7 heteroatoms. The smallest absolute Gasteiger partial charge is 0.227 e. The SMILES string of the molecule is COc1ccc(-c2cc3nc(C)cc(N4CCC(C(=O)Nc5cccc(C)c5)CC4)n3n2)cc1. The summed E-state index contributed by atoms with van der Waals surface area (Å²) in [5.74, 6) is 1.93. The fraction of sp³-hybridized carbons (Fsp3) is 0.296. The molecule has 3 heterocycles. The Morgan fingerprint density at radius 3 is 2.50 bits per heavy atom. The fourth-order valence-corrected chi connectivity index (χ4v) is 4.55. The van der Waals surface area contributed by atoms with E-state index < -0.39 is 0 Å². The Morgan fingerprint density at radius 1 is 1.03 bits per heavy atom. The van der Waals surface area contributed by atoms with Crippen LogP contribution in [0.25, 0.3) is 16.9 Å². The van der Waals surface area contributed by atoms with Crippen molar-refractivity contribution in [2.75, 3.05) is 30.4 Å². The van der Waals surface area contributed by atoms with Crippen molar-refractivity contribution in [3.05, 3.63) is 71.9 Å². The molecular formula is C27H29N5O2. The van der Waals surface area contributed by atoms with Crippen LogP contribution in [0, 0.1) is 19.8 Å². The maximum Gasteiger partial charge on any atom is 0.227 e. The standard InChI is InChI=1S/C27H29N5O2/c1-18-5-4-6-22(15-18)29-27(33)21-11-13-31(14-12-21)26-16-19(2)28-25-17-24(30-32(25)26)20-7-9-23(34-3)10-8-20/h4-10,15-17,21H,11-14H2,1-3H3,(H,29,33). The highest BCUT2D eigenvalue weighted by Crippen LogP contribution is 2.28. The number of carbonyl (C=O) groups excluding carboxylic acids is 1. The van der Waals surface area contributed by atoms with E-state index in [4.69, 9.17) is 14.8 Å². The highest BCUT2D eigenvalue weighted by atomic mass is 16.5. The second kappa shape index (κ2) is 9.17. The number of aromatic nitrogens is 3. The van der Waals surface area contributed by atoms with Gasteiger partial charge in [-0.1, -0.05) is 12.1 Å². The van der Waals surface area contributed by atoms with Crippen LogP contribution < -0.4 is 15.0 Å². The van der Waals surface area contributed by atoms with E-state index in [2.05, 4.69) is 16.3 Å². The molecule has 5 rings (SSSR count). The molecule has 1 fully saturated rings. The Kier molecular flexibility index (Phi) is 5.92. The number of amides is 1. The number of rotatable bonds is 5. The third-order valence-electron chi connectivity index (χ3n) is 6.40. The van der Waals surface area contributed by atoms with Gasteiger partial charge in [-0.05, 0) is 68.7 Å². The average Bonchev–Trinajstić information content (AvgIpc) is 3.27. The maximum absolute atomic E-state index is 12.8. The minimum atomic E-state index is 0.00247. The zero-order valence-electron chi connectivity index (χ0n) is 19.8. The highest BCUT2D eigenvalue weighted by Gasteiger charge is 2.27. The van der Waals surface area contributed by atoms with Gasteiger partial charge in [-0.15, -0.1) is 0 Å². The minimum Gasteiger partial charge on any atom is -0.497 e. The van der Waals surface area contributed by atoms with Gasteiger partial charge in [0.2, 0.25) is 5.91 Å². The van der Waals surface area contributed by atoms with E-state index in [0.29, 0.717) is 0 Å². The second-order valence-corrected chi connectivity index (χ2v) is 8.90. The lowest BCUT2D eigenvalue weighted by Crippen LogP contribution is -2.39. The van der Waals surface area contributed by atoms with E-state index >= 15 is 0 Å². The average molecular weight is 456 g/mol. The Bertz CT molecular complexity index is 1320. The first-order chi connectivity index (χ1) is 16.5. The highest BCUT2D eigenvalue weighted by molar-refractivity contribution is 5.92. The van der Waals surface area contributed by atoms with Gasteiger partial charge in [0.1, 0.15) is 11.6 Å². The van der Waals surface area contributed by atoms with Crippen LogP contribution in [0.15, 0.2) is 60.7 Å². The summed E-state index contributed by atoms with van der Waals surface area (Å²) in [5, 5.41) is 7.95. The van der Waals surface area contributed by atoms with Crippen LogP contribution in [0.5, 0.6) is 5.75 Å². The van der Waals surface area contributed by atoms with Crippen LogP contribution in [0.2, 0.25) is 0 Å². The van der Waals surface area contributed by atoms with Gasteiger partial charge in [-0.25, -0.2) is 4.98 Å². The van der Waals surface area contributed by atoms with Crippen molar-refractivity contribution in [1.82, 2.24) is 14.6 Å². The molecule has 0 aliphatic carbocycles. The van der Waals surface area contributed by atoms with Crippen LogP contribution in [0.1, 0.15) is 24.1 Å². The molecule has 7 nitrogen and oxygen atoms in total. The van der Waals surface area contributed by atoms with Gasteiger partial charge < -0.3 is 15.0 Å². The number of piperidine rings is 1. The van der Waals surface area contributed by atoms with Crippen molar-refractivity contribution in [2.24, 2.45) is 5.92 Å². The van der Waals surface area contributed by atoms with Crippen molar-refractivity contribution in [1.29, 1.82) is 0 Å². The minimum absolute atomic E-state index is 0.00247. The van der Waals surface area contributed by atoms with Gasteiger partial charge in [0.25, 0.3) is 0 Å². The Labute approximate surface area is 199 Å². The molecular weight excluding hydrogens is 426 g/mol. The largest absolute Gasteiger partial charge is 0.497 e. The molecule has 1 amide bonds. The first kappa shape index (κ1) is 21.9. The van der Waals surface area contributed by atoms with E-state index in [9.17, 15) is 4.79 Å². The normalized spacial score (nSPS) is 14.4. The van der Waals surface area contributed by atoms with Crippen molar-refractivity contribution in [3.8, 4) is 17.0 Å². The van der Waals surface area contributed by atoms with Gasteiger partial charge >= 0.3 is 0 Å². The summed E-state index contributed by atoms with van der Waals surface area (Å²) in [6, 6.07) is 19.9. The van der Waals surface area contributed by atoms with E-state index in [1.54, 1.807) is 7.11 Å².